The second kappa shape index (κ2) is 6.19. The Kier molecular flexibility index (Phi) is 4.53. The quantitative estimate of drug-likeness (QED) is 0.550. The molecule has 0 saturated heterocycles. The van der Waals surface area contributed by atoms with Gasteiger partial charge in [-0.05, 0) is 42.7 Å². The minimum Gasteiger partial charge on any atom is -0.398 e. The zero-order chi connectivity index (χ0) is 15.6. The third-order valence-corrected chi connectivity index (χ3v) is 3.73. The van der Waals surface area contributed by atoms with Crippen molar-refractivity contribution in [2.45, 2.75) is 20.8 Å². The van der Waals surface area contributed by atoms with Crippen molar-refractivity contribution < 1.29 is 0 Å². The molecule has 2 aromatic carbocycles. The molecule has 4 N–H and O–H groups in total. The van der Waals surface area contributed by atoms with Crippen molar-refractivity contribution in [3.05, 3.63) is 52.5 Å². The first-order valence-electron chi connectivity index (χ1n) is 6.90. The maximum Gasteiger partial charge on any atom is 0.0643 e. The summed E-state index contributed by atoms with van der Waals surface area (Å²) in [7, 11) is 0. The van der Waals surface area contributed by atoms with Gasteiger partial charge < -0.3 is 16.5 Å². The first-order valence-corrected chi connectivity index (χ1v) is 7.28. The normalized spacial score (nSPS) is 10.7. The van der Waals surface area contributed by atoms with Crippen LogP contribution in [0.4, 0.5) is 17.1 Å². The molecule has 0 spiro atoms. The number of nitrogens with one attached hydrogen (secondary N) is 2. The average Bonchev–Trinajstić information content (AvgIpc) is 2.42. The van der Waals surface area contributed by atoms with Crippen LogP contribution in [-0.2, 0) is 0 Å². The van der Waals surface area contributed by atoms with Crippen LogP contribution in [0, 0.1) is 18.3 Å². The molecule has 0 aliphatic heterocycles. The summed E-state index contributed by atoms with van der Waals surface area (Å²) in [5.41, 5.74) is 10.8. The van der Waals surface area contributed by atoms with Gasteiger partial charge in [0.15, 0.2) is 0 Å². The molecule has 0 aliphatic rings. The van der Waals surface area contributed by atoms with Gasteiger partial charge in [-0.2, -0.15) is 0 Å². The van der Waals surface area contributed by atoms with Gasteiger partial charge in [0.2, 0.25) is 0 Å². The van der Waals surface area contributed by atoms with Crippen LogP contribution in [0.5, 0.6) is 0 Å². The van der Waals surface area contributed by atoms with Gasteiger partial charge in [0.25, 0.3) is 0 Å². The molecule has 0 amide bonds. The van der Waals surface area contributed by atoms with Crippen molar-refractivity contribution in [2.75, 3.05) is 11.1 Å². The Balaban J connectivity index is 2.31. The van der Waals surface area contributed by atoms with Crippen LogP contribution in [0.3, 0.4) is 0 Å². The number of hydrogen-bond donors (Lipinski definition) is 3. The maximum atomic E-state index is 8.06. The van der Waals surface area contributed by atoms with E-state index in [0.717, 1.165) is 22.5 Å². The van der Waals surface area contributed by atoms with Crippen molar-refractivity contribution in [1.82, 2.24) is 0 Å². The molecule has 0 radical (unpaired) electrons. The largest absolute Gasteiger partial charge is 0.398 e. The summed E-state index contributed by atoms with van der Waals surface area (Å²) in [5, 5.41) is 12.0. The summed E-state index contributed by atoms with van der Waals surface area (Å²) in [6.45, 7) is 5.97. The number of nitrogen functional groups attached to an aromatic ring is 1. The summed E-state index contributed by atoms with van der Waals surface area (Å²) in [6, 6.07) is 11.4. The van der Waals surface area contributed by atoms with E-state index in [2.05, 4.69) is 5.32 Å². The number of rotatable bonds is 4. The molecule has 0 aromatic heterocycles. The Bertz CT molecular complexity index is 657. The summed E-state index contributed by atoms with van der Waals surface area (Å²) >= 11 is 6.21. The number of aryl methyl sites for hydroxylation is 1. The van der Waals surface area contributed by atoms with Crippen LogP contribution in [0.25, 0.3) is 0 Å². The number of anilines is 3. The van der Waals surface area contributed by atoms with Gasteiger partial charge in [-0.15, -0.1) is 0 Å². The number of benzene rings is 2. The predicted octanol–water partition coefficient (Wildman–Crippen LogP) is 5.00. The highest BCUT2D eigenvalue weighted by molar-refractivity contribution is 6.33. The molecule has 0 bridgehead atoms. The van der Waals surface area contributed by atoms with Gasteiger partial charge >= 0.3 is 0 Å². The lowest BCUT2D eigenvalue weighted by molar-refractivity contribution is 0.878. The number of nitrogens with two attached hydrogens (primary N) is 1. The fraction of sp³-hybridized carbons (Fsp3) is 0.235. The highest BCUT2D eigenvalue weighted by atomic mass is 35.5. The summed E-state index contributed by atoms with van der Waals surface area (Å²) in [5.74, 6) is 0.150. The van der Waals surface area contributed by atoms with Crippen molar-refractivity contribution in [3.63, 3.8) is 0 Å². The van der Waals surface area contributed by atoms with Gasteiger partial charge in [0, 0.05) is 22.6 Å². The van der Waals surface area contributed by atoms with Crippen LogP contribution < -0.4 is 11.1 Å². The lowest BCUT2D eigenvalue weighted by Crippen LogP contribution is -2.10. The van der Waals surface area contributed by atoms with Crippen molar-refractivity contribution >= 4 is 34.4 Å². The van der Waals surface area contributed by atoms with Crippen LogP contribution >= 0.6 is 11.6 Å². The van der Waals surface area contributed by atoms with E-state index in [4.69, 9.17) is 22.7 Å². The molecule has 0 fully saturated rings. The van der Waals surface area contributed by atoms with Crippen LogP contribution in [0.15, 0.2) is 36.4 Å². The average molecular weight is 302 g/mol. The maximum absolute atomic E-state index is 8.06. The van der Waals surface area contributed by atoms with E-state index in [1.807, 2.05) is 57.2 Å². The van der Waals surface area contributed by atoms with Gasteiger partial charge in [-0.3, -0.25) is 0 Å². The third-order valence-electron chi connectivity index (χ3n) is 3.41. The van der Waals surface area contributed by atoms with Crippen LogP contribution in [0.2, 0.25) is 5.02 Å². The molecule has 0 saturated carbocycles. The monoisotopic (exact) mass is 301 g/mol. The second-order valence-corrected chi connectivity index (χ2v) is 5.83. The Hall–Kier alpha value is -2.00. The molecular weight excluding hydrogens is 282 g/mol. The second-order valence-electron chi connectivity index (χ2n) is 5.43. The molecule has 2 aromatic rings. The Morgan fingerprint density at radius 3 is 2.52 bits per heavy atom. The van der Waals surface area contributed by atoms with Gasteiger partial charge in [-0.25, -0.2) is 0 Å². The molecule has 0 aliphatic carbocycles. The molecule has 0 heterocycles. The van der Waals surface area contributed by atoms with E-state index < -0.39 is 0 Å². The molecule has 0 unspecified atom stereocenters. The predicted molar refractivity (Wildman–Crippen MR) is 92.0 cm³/mol. The fourth-order valence-corrected chi connectivity index (χ4v) is 2.40. The minimum atomic E-state index is 0.150. The van der Waals surface area contributed by atoms with Crippen LogP contribution in [0.1, 0.15) is 25.0 Å². The van der Waals surface area contributed by atoms with Crippen molar-refractivity contribution in [2.24, 2.45) is 5.92 Å². The fourth-order valence-electron chi connectivity index (χ4n) is 2.13. The van der Waals surface area contributed by atoms with E-state index in [9.17, 15) is 0 Å². The van der Waals surface area contributed by atoms with E-state index in [-0.39, 0.29) is 5.92 Å². The first-order chi connectivity index (χ1) is 9.90. The summed E-state index contributed by atoms with van der Waals surface area (Å²) < 4.78 is 0. The third kappa shape index (κ3) is 3.37. The van der Waals surface area contributed by atoms with E-state index in [1.165, 1.54) is 0 Å². The van der Waals surface area contributed by atoms with E-state index in [1.54, 1.807) is 0 Å². The molecule has 0 atom stereocenters. The number of hydrogen-bond acceptors (Lipinski definition) is 3. The lowest BCUT2D eigenvalue weighted by atomic mass is 9.98. The smallest absolute Gasteiger partial charge is 0.0643 e. The SMILES string of the molecule is Cc1cccc(Cl)c1Nc1ccc(C(=N)C(C)C)c(N)c1. The first kappa shape index (κ1) is 15.4. The van der Waals surface area contributed by atoms with Crippen molar-refractivity contribution in [1.29, 1.82) is 5.41 Å². The molecule has 21 heavy (non-hydrogen) atoms. The molecule has 4 heteroatoms. The van der Waals surface area contributed by atoms with Gasteiger partial charge in [0.05, 0.1) is 10.7 Å². The van der Waals surface area contributed by atoms with Crippen LogP contribution in [-0.4, -0.2) is 5.71 Å². The number of halogens is 1. The molecular formula is C17H20ClN3. The number of para-hydroxylation sites is 1. The Morgan fingerprint density at radius 2 is 1.95 bits per heavy atom. The highest BCUT2D eigenvalue weighted by Gasteiger charge is 2.11. The lowest BCUT2D eigenvalue weighted by Gasteiger charge is -2.15. The Labute approximate surface area is 130 Å². The van der Waals surface area contributed by atoms with E-state index in [0.29, 0.717) is 16.4 Å². The minimum absolute atomic E-state index is 0.150. The standard InChI is InChI=1S/C17H20ClN3/c1-10(2)16(20)13-8-7-12(9-15(13)19)21-17-11(3)5-4-6-14(17)18/h4-10,20-21H,19H2,1-3H3. The van der Waals surface area contributed by atoms with Gasteiger partial charge in [0.1, 0.15) is 0 Å². The van der Waals surface area contributed by atoms with Crippen molar-refractivity contribution in [3.8, 4) is 0 Å². The Morgan fingerprint density at radius 1 is 1.24 bits per heavy atom. The summed E-state index contributed by atoms with van der Waals surface area (Å²) in [6.07, 6.45) is 0. The molecule has 110 valence electrons. The molecule has 3 nitrogen and oxygen atoms in total. The van der Waals surface area contributed by atoms with Gasteiger partial charge in [-0.1, -0.05) is 37.6 Å². The topological polar surface area (TPSA) is 61.9 Å². The zero-order valence-corrected chi connectivity index (χ0v) is 13.3. The van der Waals surface area contributed by atoms with E-state index >= 15 is 0 Å². The highest BCUT2D eigenvalue weighted by Crippen LogP contribution is 2.30. The summed E-state index contributed by atoms with van der Waals surface area (Å²) in [4.78, 5) is 0. The zero-order valence-electron chi connectivity index (χ0n) is 12.5. The molecule has 2 rings (SSSR count).